The van der Waals surface area contributed by atoms with E-state index < -0.39 is 9.84 Å². The fourth-order valence-electron chi connectivity index (χ4n) is 2.42. The maximum atomic E-state index is 11.8. The van der Waals surface area contributed by atoms with Crippen LogP contribution in [0.15, 0.2) is 24.0 Å². The minimum absolute atomic E-state index is 0.00304. The van der Waals surface area contributed by atoms with Crippen LogP contribution in [0.1, 0.15) is 12.1 Å². The van der Waals surface area contributed by atoms with E-state index in [1.807, 2.05) is 5.38 Å². The van der Waals surface area contributed by atoms with Crippen molar-refractivity contribution in [1.29, 1.82) is 0 Å². The van der Waals surface area contributed by atoms with Gasteiger partial charge in [-0.2, -0.15) is 0 Å². The maximum Gasteiger partial charge on any atom is 0.315 e. The molecule has 2 N–H and O–H groups in total. The van der Waals surface area contributed by atoms with Gasteiger partial charge in [-0.3, -0.25) is 9.97 Å². The van der Waals surface area contributed by atoms with Gasteiger partial charge in [0.15, 0.2) is 9.84 Å². The van der Waals surface area contributed by atoms with E-state index in [2.05, 4.69) is 25.6 Å². The number of sulfone groups is 1. The van der Waals surface area contributed by atoms with Gasteiger partial charge in [-0.1, -0.05) is 0 Å². The number of hydrogen-bond donors (Lipinski definition) is 2. The van der Waals surface area contributed by atoms with Gasteiger partial charge in [-0.25, -0.2) is 18.2 Å². The highest BCUT2D eigenvalue weighted by Gasteiger charge is 2.27. The molecule has 1 atom stereocenters. The van der Waals surface area contributed by atoms with Crippen molar-refractivity contribution in [2.75, 3.05) is 18.1 Å². The Morgan fingerprint density at radius 3 is 2.92 bits per heavy atom. The van der Waals surface area contributed by atoms with Gasteiger partial charge >= 0.3 is 6.03 Å². The highest BCUT2D eigenvalue weighted by atomic mass is 32.2. The van der Waals surface area contributed by atoms with Gasteiger partial charge in [-0.15, -0.1) is 11.3 Å². The predicted molar refractivity (Wildman–Crippen MR) is 90.1 cm³/mol. The zero-order chi connectivity index (χ0) is 17.0. The lowest BCUT2D eigenvalue weighted by Gasteiger charge is -2.10. The molecule has 3 heterocycles. The van der Waals surface area contributed by atoms with E-state index in [4.69, 9.17) is 0 Å². The predicted octanol–water partition coefficient (Wildman–Crippen LogP) is 0.834. The number of aromatic nitrogens is 3. The number of amides is 2. The normalized spacial score (nSPS) is 19.1. The molecule has 0 aliphatic carbocycles. The molecule has 0 radical (unpaired) electrons. The Balaban J connectivity index is 1.44. The molecule has 1 aliphatic heterocycles. The van der Waals surface area contributed by atoms with Gasteiger partial charge in [0.05, 0.1) is 29.9 Å². The summed E-state index contributed by atoms with van der Waals surface area (Å²) < 4.78 is 22.7. The van der Waals surface area contributed by atoms with Crippen molar-refractivity contribution >= 4 is 27.2 Å². The second-order valence-corrected chi connectivity index (χ2v) is 8.65. The van der Waals surface area contributed by atoms with Crippen LogP contribution < -0.4 is 10.6 Å². The average Bonchev–Trinajstić information content (AvgIpc) is 3.18. The monoisotopic (exact) mass is 367 g/mol. The molecule has 8 nitrogen and oxygen atoms in total. The number of thiazole rings is 1. The smallest absolute Gasteiger partial charge is 0.315 e. The Labute approximate surface area is 143 Å². The van der Waals surface area contributed by atoms with Gasteiger partial charge in [0, 0.05) is 24.3 Å². The van der Waals surface area contributed by atoms with Crippen molar-refractivity contribution < 1.29 is 13.2 Å². The number of carbonyl (C=O) groups excluding carboxylic acids is 1. The van der Waals surface area contributed by atoms with Crippen LogP contribution in [0.2, 0.25) is 0 Å². The van der Waals surface area contributed by atoms with Crippen molar-refractivity contribution in [2.45, 2.75) is 13.0 Å². The van der Waals surface area contributed by atoms with E-state index in [0.29, 0.717) is 25.2 Å². The number of hydrogen-bond acceptors (Lipinski definition) is 7. The van der Waals surface area contributed by atoms with Gasteiger partial charge in [0.1, 0.15) is 10.7 Å². The Hall–Kier alpha value is -2.07. The number of nitrogens with zero attached hydrogens (tertiary/aromatic N) is 3. The zero-order valence-electron chi connectivity index (χ0n) is 12.8. The molecule has 2 amide bonds. The average molecular weight is 367 g/mol. The summed E-state index contributed by atoms with van der Waals surface area (Å²) in [6, 6.07) is -0.326. The highest BCUT2D eigenvalue weighted by Crippen LogP contribution is 2.20. The zero-order valence-corrected chi connectivity index (χ0v) is 14.4. The quantitative estimate of drug-likeness (QED) is 0.809. The summed E-state index contributed by atoms with van der Waals surface area (Å²) in [5, 5.41) is 8.03. The maximum absolute atomic E-state index is 11.8. The summed E-state index contributed by atoms with van der Waals surface area (Å²) in [7, 11) is -2.91. The number of urea groups is 1. The Morgan fingerprint density at radius 2 is 2.21 bits per heavy atom. The molecular formula is C14H17N5O3S2. The van der Waals surface area contributed by atoms with E-state index >= 15 is 0 Å². The fraction of sp³-hybridized carbons (Fsp3) is 0.429. The van der Waals surface area contributed by atoms with Crippen LogP contribution in [0, 0.1) is 5.92 Å². The molecule has 3 rings (SSSR count). The first-order chi connectivity index (χ1) is 11.5. The number of nitrogens with one attached hydrogen (secondary N) is 2. The molecule has 2 aromatic rings. The first-order valence-electron chi connectivity index (χ1n) is 7.45. The lowest BCUT2D eigenvalue weighted by molar-refractivity contribution is 0.239. The highest BCUT2D eigenvalue weighted by molar-refractivity contribution is 7.91. The second-order valence-electron chi connectivity index (χ2n) is 5.57. The third-order valence-electron chi connectivity index (χ3n) is 3.64. The first-order valence-corrected chi connectivity index (χ1v) is 10.1. The van der Waals surface area contributed by atoms with E-state index in [0.717, 1.165) is 10.7 Å². The van der Waals surface area contributed by atoms with Crippen LogP contribution in [0.5, 0.6) is 0 Å². The molecule has 0 saturated carbocycles. The fourth-order valence-corrected chi connectivity index (χ4v) is 5.06. The Morgan fingerprint density at radius 1 is 1.33 bits per heavy atom. The van der Waals surface area contributed by atoms with Crippen molar-refractivity contribution in [1.82, 2.24) is 25.6 Å². The van der Waals surface area contributed by atoms with E-state index in [-0.39, 0.29) is 23.5 Å². The second kappa shape index (κ2) is 7.22. The van der Waals surface area contributed by atoms with Crippen LogP contribution in [0.3, 0.4) is 0 Å². The van der Waals surface area contributed by atoms with Gasteiger partial charge in [-0.05, 0) is 12.3 Å². The molecule has 2 aromatic heterocycles. The molecule has 0 bridgehead atoms. The Kier molecular flexibility index (Phi) is 5.05. The summed E-state index contributed by atoms with van der Waals surface area (Å²) in [4.78, 5) is 24.4. The molecule has 0 spiro atoms. The molecule has 1 aliphatic rings. The third kappa shape index (κ3) is 4.48. The summed E-state index contributed by atoms with van der Waals surface area (Å²) in [6.07, 6.45) is 5.44. The van der Waals surface area contributed by atoms with E-state index in [1.165, 1.54) is 11.3 Å². The minimum atomic E-state index is -2.91. The molecule has 128 valence electrons. The topological polar surface area (TPSA) is 114 Å². The van der Waals surface area contributed by atoms with E-state index in [1.54, 1.807) is 18.6 Å². The van der Waals surface area contributed by atoms with Gasteiger partial charge in [0.25, 0.3) is 0 Å². The summed E-state index contributed by atoms with van der Waals surface area (Å²) >= 11 is 1.44. The van der Waals surface area contributed by atoms with Crippen molar-refractivity contribution in [2.24, 2.45) is 5.92 Å². The first kappa shape index (κ1) is 16.8. The van der Waals surface area contributed by atoms with Crippen molar-refractivity contribution in [3.63, 3.8) is 0 Å². The van der Waals surface area contributed by atoms with Crippen LogP contribution in [0.4, 0.5) is 4.79 Å². The largest absolute Gasteiger partial charge is 0.338 e. The number of rotatable bonds is 5. The van der Waals surface area contributed by atoms with Crippen LogP contribution >= 0.6 is 11.3 Å². The molecule has 0 aromatic carbocycles. The van der Waals surface area contributed by atoms with Crippen LogP contribution in [-0.2, 0) is 16.4 Å². The van der Waals surface area contributed by atoms with Gasteiger partial charge in [0.2, 0.25) is 0 Å². The van der Waals surface area contributed by atoms with E-state index in [9.17, 15) is 13.2 Å². The van der Waals surface area contributed by atoms with Crippen molar-refractivity contribution in [3.05, 3.63) is 29.7 Å². The SMILES string of the molecule is O=C(NCc1csc(-c2cnccn2)n1)NCC1CCS(=O)(=O)C1. The molecule has 24 heavy (non-hydrogen) atoms. The molecule has 1 unspecified atom stereocenters. The lowest BCUT2D eigenvalue weighted by atomic mass is 10.1. The third-order valence-corrected chi connectivity index (χ3v) is 6.39. The molecular weight excluding hydrogens is 350 g/mol. The summed E-state index contributed by atoms with van der Waals surface area (Å²) in [6.45, 7) is 0.665. The molecule has 1 fully saturated rings. The van der Waals surface area contributed by atoms with Crippen LogP contribution in [-0.4, -0.2) is 47.5 Å². The summed E-state index contributed by atoms with van der Waals surface area (Å²) in [5.74, 6) is 0.370. The summed E-state index contributed by atoms with van der Waals surface area (Å²) in [5.41, 5.74) is 1.43. The molecule has 10 heteroatoms. The van der Waals surface area contributed by atoms with Crippen molar-refractivity contribution in [3.8, 4) is 10.7 Å². The van der Waals surface area contributed by atoms with Gasteiger partial charge < -0.3 is 10.6 Å². The Bertz CT molecular complexity index is 807. The van der Waals surface area contributed by atoms with Crippen LogP contribution in [0.25, 0.3) is 10.7 Å². The molecule has 1 saturated heterocycles. The lowest BCUT2D eigenvalue weighted by Crippen LogP contribution is -2.38. The standard InChI is InChI=1S/C14H17N5O3S2/c20-14(17-5-10-1-4-24(21,22)9-10)18-6-11-8-23-13(19-11)12-7-15-2-3-16-12/h2-3,7-8,10H,1,4-6,9H2,(H2,17,18,20). The number of carbonyl (C=O) groups is 1. The minimum Gasteiger partial charge on any atom is -0.338 e.